The van der Waals surface area contributed by atoms with Crippen molar-refractivity contribution >= 4 is 11.8 Å². The molecule has 2 amide bonds. The molecule has 1 aromatic carbocycles. The molecule has 4 nitrogen and oxygen atoms in total. The molecule has 0 aromatic heterocycles. The van der Waals surface area contributed by atoms with Gasteiger partial charge in [0.15, 0.2) is 0 Å². The summed E-state index contributed by atoms with van der Waals surface area (Å²) in [5, 5.41) is 0. The van der Waals surface area contributed by atoms with Crippen LogP contribution in [0.4, 0.5) is 4.39 Å². The fourth-order valence-electron chi connectivity index (χ4n) is 2.94. The van der Waals surface area contributed by atoms with Crippen molar-refractivity contribution in [2.24, 2.45) is 5.92 Å². The van der Waals surface area contributed by atoms with E-state index in [0.717, 1.165) is 6.42 Å². The van der Waals surface area contributed by atoms with Gasteiger partial charge in [0.05, 0.1) is 0 Å². The van der Waals surface area contributed by atoms with Gasteiger partial charge in [-0.25, -0.2) is 4.39 Å². The second kappa shape index (κ2) is 8.09. The van der Waals surface area contributed by atoms with Crippen LogP contribution in [0.5, 0.6) is 0 Å². The molecule has 1 fully saturated rings. The van der Waals surface area contributed by atoms with Crippen LogP contribution in [0, 0.1) is 11.7 Å². The molecule has 0 aliphatic carbocycles. The van der Waals surface area contributed by atoms with Crippen molar-refractivity contribution in [3.8, 4) is 0 Å². The van der Waals surface area contributed by atoms with Crippen molar-refractivity contribution in [3.05, 3.63) is 35.6 Å². The molecule has 1 atom stereocenters. The maximum absolute atomic E-state index is 13.7. The molecule has 0 radical (unpaired) electrons. The Labute approximate surface area is 137 Å². The molecule has 1 heterocycles. The van der Waals surface area contributed by atoms with E-state index in [1.807, 2.05) is 18.7 Å². The second-order valence-electron chi connectivity index (χ2n) is 6.15. The first-order valence-corrected chi connectivity index (χ1v) is 8.33. The molecule has 0 saturated carbocycles. The van der Waals surface area contributed by atoms with E-state index in [1.165, 1.54) is 6.07 Å². The molecule has 0 spiro atoms. The maximum Gasteiger partial charge on any atom is 0.225 e. The maximum atomic E-state index is 13.7. The van der Waals surface area contributed by atoms with E-state index in [2.05, 4.69) is 0 Å². The summed E-state index contributed by atoms with van der Waals surface area (Å²) in [5.41, 5.74) is 0.574. The monoisotopic (exact) mass is 320 g/mol. The molecule has 0 bridgehead atoms. The summed E-state index contributed by atoms with van der Waals surface area (Å²) in [7, 11) is 0. The predicted molar refractivity (Wildman–Crippen MR) is 87.3 cm³/mol. The average Bonchev–Trinajstić information content (AvgIpc) is 2.56. The number of benzene rings is 1. The van der Waals surface area contributed by atoms with E-state index in [4.69, 9.17) is 0 Å². The van der Waals surface area contributed by atoms with Gasteiger partial charge in [0.1, 0.15) is 5.82 Å². The topological polar surface area (TPSA) is 40.6 Å². The zero-order chi connectivity index (χ0) is 16.8. The predicted octanol–water partition coefficient (Wildman–Crippen LogP) is 2.48. The van der Waals surface area contributed by atoms with Crippen LogP contribution in [-0.2, 0) is 16.0 Å². The zero-order valence-corrected chi connectivity index (χ0v) is 13.9. The number of hydrogen-bond donors (Lipinski definition) is 0. The number of nitrogens with zero attached hydrogens (tertiary/aromatic N) is 2. The van der Waals surface area contributed by atoms with Gasteiger partial charge in [0.25, 0.3) is 0 Å². The minimum Gasteiger partial charge on any atom is -0.339 e. The molecule has 0 N–H and O–H groups in total. The molecular weight excluding hydrogens is 295 g/mol. The van der Waals surface area contributed by atoms with Crippen molar-refractivity contribution in [2.45, 2.75) is 33.1 Å². The van der Waals surface area contributed by atoms with Gasteiger partial charge in [-0.1, -0.05) is 32.0 Å². The molecule has 126 valence electrons. The third-order valence-electron chi connectivity index (χ3n) is 4.31. The summed E-state index contributed by atoms with van der Waals surface area (Å²) in [6.07, 6.45) is 1.82. The summed E-state index contributed by atoms with van der Waals surface area (Å²) in [5.74, 6) is -0.318. The quantitative estimate of drug-likeness (QED) is 0.836. The number of piperazine rings is 1. The fraction of sp³-hybridized carbons (Fsp3) is 0.556. The molecule has 1 saturated heterocycles. The standard InChI is InChI=1S/C18H25FN2O2/c1-3-6-17(22)20-9-11-21(12-10-20)18(23)14(2)13-15-7-4-5-8-16(15)19/h4-5,7-8,14H,3,6,9-13H2,1-2H3. The smallest absolute Gasteiger partial charge is 0.225 e. The van der Waals surface area contributed by atoms with Gasteiger partial charge in [0.2, 0.25) is 11.8 Å². The molecule has 1 unspecified atom stereocenters. The number of carbonyl (C=O) groups excluding carboxylic acids is 2. The van der Waals surface area contributed by atoms with Gasteiger partial charge in [-0.15, -0.1) is 0 Å². The third kappa shape index (κ3) is 4.53. The largest absolute Gasteiger partial charge is 0.339 e. The van der Waals surface area contributed by atoms with Crippen LogP contribution in [0.2, 0.25) is 0 Å². The lowest BCUT2D eigenvalue weighted by molar-refractivity contribution is -0.141. The van der Waals surface area contributed by atoms with Crippen LogP contribution in [0.15, 0.2) is 24.3 Å². The minimum atomic E-state index is -0.262. The van der Waals surface area contributed by atoms with E-state index in [-0.39, 0.29) is 23.5 Å². The Morgan fingerprint density at radius 1 is 1.13 bits per heavy atom. The molecule has 1 aromatic rings. The number of hydrogen-bond acceptors (Lipinski definition) is 2. The lowest BCUT2D eigenvalue weighted by atomic mass is 9.99. The van der Waals surface area contributed by atoms with Crippen LogP contribution in [0.1, 0.15) is 32.3 Å². The van der Waals surface area contributed by atoms with E-state index in [1.54, 1.807) is 23.1 Å². The van der Waals surface area contributed by atoms with Gasteiger partial charge in [-0.3, -0.25) is 9.59 Å². The Kier molecular flexibility index (Phi) is 6.13. The molecule has 23 heavy (non-hydrogen) atoms. The van der Waals surface area contributed by atoms with Crippen LogP contribution in [-0.4, -0.2) is 47.8 Å². The van der Waals surface area contributed by atoms with Crippen molar-refractivity contribution in [1.29, 1.82) is 0 Å². The molecule has 1 aliphatic rings. The molecule has 1 aliphatic heterocycles. The number of halogens is 1. The number of amides is 2. The minimum absolute atomic E-state index is 0.0378. The van der Waals surface area contributed by atoms with Crippen molar-refractivity contribution in [1.82, 2.24) is 9.80 Å². The van der Waals surface area contributed by atoms with Crippen molar-refractivity contribution < 1.29 is 14.0 Å². The van der Waals surface area contributed by atoms with Crippen LogP contribution < -0.4 is 0 Å². The highest BCUT2D eigenvalue weighted by Crippen LogP contribution is 2.16. The Morgan fingerprint density at radius 2 is 1.74 bits per heavy atom. The highest BCUT2D eigenvalue weighted by atomic mass is 19.1. The van der Waals surface area contributed by atoms with Crippen LogP contribution >= 0.6 is 0 Å². The van der Waals surface area contributed by atoms with Gasteiger partial charge >= 0.3 is 0 Å². The van der Waals surface area contributed by atoms with Gasteiger partial charge < -0.3 is 9.80 Å². The second-order valence-corrected chi connectivity index (χ2v) is 6.15. The Balaban J connectivity index is 1.87. The zero-order valence-electron chi connectivity index (χ0n) is 13.9. The summed E-state index contributed by atoms with van der Waals surface area (Å²) in [6, 6.07) is 6.58. The normalized spacial score (nSPS) is 16.3. The van der Waals surface area contributed by atoms with Crippen molar-refractivity contribution in [3.63, 3.8) is 0 Å². The first kappa shape index (κ1) is 17.4. The SMILES string of the molecule is CCCC(=O)N1CCN(C(=O)C(C)Cc2ccccc2F)CC1. The van der Waals surface area contributed by atoms with Gasteiger partial charge in [-0.2, -0.15) is 0 Å². The van der Waals surface area contributed by atoms with Crippen LogP contribution in [0.25, 0.3) is 0 Å². The Hall–Kier alpha value is -1.91. The molecular formula is C18H25FN2O2. The number of rotatable bonds is 5. The summed E-state index contributed by atoms with van der Waals surface area (Å²) in [4.78, 5) is 28.0. The van der Waals surface area contributed by atoms with Gasteiger partial charge in [-0.05, 0) is 24.5 Å². The van der Waals surface area contributed by atoms with Crippen molar-refractivity contribution in [2.75, 3.05) is 26.2 Å². The molecule has 2 rings (SSSR count). The van der Waals surface area contributed by atoms with E-state index >= 15 is 0 Å². The molecule has 5 heteroatoms. The highest BCUT2D eigenvalue weighted by molar-refractivity contribution is 5.80. The third-order valence-corrected chi connectivity index (χ3v) is 4.31. The lowest BCUT2D eigenvalue weighted by Crippen LogP contribution is -2.51. The van der Waals surface area contributed by atoms with E-state index in [0.29, 0.717) is 44.6 Å². The average molecular weight is 320 g/mol. The first-order valence-electron chi connectivity index (χ1n) is 8.33. The fourth-order valence-corrected chi connectivity index (χ4v) is 2.94. The lowest BCUT2D eigenvalue weighted by Gasteiger charge is -2.36. The Morgan fingerprint density at radius 3 is 2.35 bits per heavy atom. The van der Waals surface area contributed by atoms with E-state index in [9.17, 15) is 14.0 Å². The summed E-state index contributed by atoms with van der Waals surface area (Å²) in [6.45, 7) is 6.14. The number of carbonyl (C=O) groups is 2. The van der Waals surface area contributed by atoms with Gasteiger partial charge in [0, 0.05) is 38.5 Å². The van der Waals surface area contributed by atoms with E-state index < -0.39 is 0 Å². The summed E-state index contributed by atoms with van der Waals surface area (Å²) < 4.78 is 13.7. The van der Waals surface area contributed by atoms with Crippen LogP contribution in [0.3, 0.4) is 0 Å². The first-order chi connectivity index (χ1) is 11.0. The Bertz CT molecular complexity index is 554. The summed E-state index contributed by atoms with van der Waals surface area (Å²) >= 11 is 0. The highest BCUT2D eigenvalue weighted by Gasteiger charge is 2.26.